The lowest BCUT2D eigenvalue weighted by molar-refractivity contribution is -0.119. The maximum absolute atomic E-state index is 13.3. The van der Waals surface area contributed by atoms with Gasteiger partial charge in [-0.25, -0.2) is 9.37 Å². The molecule has 31 heavy (non-hydrogen) atoms. The Morgan fingerprint density at radius 1 is 1.13 bits per heavy atom. The highest BCUT2D eigenvalue weighted by atomic mass is 32.2. The van der Waals surface area contributed by atoms with Gasteiger partial charge in [-0.3, -0.25) is 9.59 Å². The Bertz CT molecular complexity index is 1020. The number of carbonyl (C=O) groups excluding carboxylic acids is 2. The largest absolute Gasteiger partial charge is 0.344 e. The lowest BCUT2D eigenvalue weighted by Gasteiger charge is -2.18. The van der Waals surface area contributed by atoms with Gasteiger partial charge in [0.05, 0.1) is 22.4 Å². The molecule has 0 bridgehead atoms. The van der Waals surface area contributed by atoms with Crippen molar-refractivity contribution in [3.8, 4) is 0 Å². The van der Waals surface area contributed by atoms with Gasteiger partial charge in [0.15, 0.2) is 0 Å². The predicted molar refractivity (Wildman–Crippen MR) is 121 cm³/mol. The molecule has 1 aliphatic rings. The van der Waals surface area contributed by atoms with E-state index >= 15 is 0 Å². The highest BCUT2D eigenvalue weighted by molar-refractivity contribution is 7.99. The van der Waals surface area contributed by atoms with E-state index in [1.54, 1.807) is 30.5 Å². The van der Waals surface area contributed by atoms with E-state index in [-0.39, 0.29) is 29.4 Å². The van der Waals surface area contributed by atoms with Crippen LogP contribution in [0.2, 0.25) is 0 Å². The molecule has 2 aromatic heterocycles. The maximum Gasteiger partial charge on any atom is 0.255 e. The zero-order valence-electron chi connectivity index (χ0n) is 16.8. The van der Waals surface area contributed by atoms with Crippen molar-refractivity contribution in [1.82, 2.24) is 15.2 Å². The molecule has 1 saturated heterocycles. The number of rotatable bonds is 7. The van der Waals surface area contributed by atoms with Crippen molar-refractivity contribution in [3.05, 3.63) is 81.9 Å². The number of thiophene rings is 1. The number of pyridine rings is 1. The molecule has 1 aromatic carbocycles. The number of amides is 2. The van der Waals surface area contributed by atoms with Gasteiger partial charge in [0.25, 0.3) is 5.91 Å². The third-order valence-electron chi connectivity index (χ3n) is 5.06. The first kappa shape index (κ1) is 21.5. The molecule has 0 spiro atoms. The molecule has 0 unspecified atom stereocenters. The number of benzene rings is 1. The van der Waals surface area contributed by atoms with Crippen molar-refractivity contribution in [3.63, 3.8) is 0 Å². The molecule has 2 amide bonds. The van der Waals surface area contributed by atoms with Crippen molar-refractivity contribution in [2.24, 2.45) is 0 Å². The van der Waals surface area contributed by atoms with Gasteiger partial charge in [0.1, 0.15) is 5.82 Å². The van der Waals surface area contributed by atoms with Gasteiger partial charge < -0.3 is 10.2 Å². The molecular formula is C23H22FN3O2S2. The fourth-order valence-corrected chi connectivity index (χ4v) is 4.92. The number of hydrogen-bond donors (Lipinski definition) is 1. The Morgan fingerprint density at radius 2 is 1.90 bits per heavy atom. The first-order valence-electron chi connectivity index (χ1n) is 10.1. The van der Waals surface area contributed by atoms with Crippen LogP contribution in [0.5, 0.6) is 0 Å². The van der Waals surface area contributed by atoms with Gasteiger partial charge in [-0.2, -0.15) is 0 Å². The van der Waals surface area contributed by atoms with Crippen LogP contribution < -0.4 is 5.32 Å². The van der Waals surface area contributed by atoms with Gasteiger partial charge in [0, 0.05) is 24.2 Å². The lowest BCUT2D eigenvalue weighted by atomic mass is 10.1. The van der Waals surface area contributed by atoms with Crippen molar-refractivity contribution in [2.75, 3.05) is 18.8 Å². The van der Waals surface area contributed by atoms with Crippen LogP contribution in [0, 0.1) is 5.82 Å². The molecule has 0 saturated carbocycles. The Labute approximate surface area is 188 Å². The van der Waals surface area contributed by atoms with Gasteiger partial charge in [-0.1, -0.05) is 30.0 Å². The second-order valence-corrected chi connectivity index (χ2v) is 9.22. The Hall–Kier alpha value is -2.71. The summed E-state index contributed by atoms with van der Waals surface area (Å²) in [5.41, 5.74) is 1.40. The number of likely N-dealkylation sites (tertiary alicyclic amines) is 1. The summed E-state index contributed by atoms with van der Waals surface area (Å²) in [5.74, 6) is -0.257. The summed E-state index contributed by atoms with van der Waals surface area (Å²) in [6.45, 7) is 1.60. The summed E-state index contributed by atoms with van der Waals surface area (Å²) < 4.78 is 13.3. The zero-order valence-corrected chi connectivity index (χ0v) is 18.4. The van der Waals surface area contributed by atoms with Crippen molar-refractivity contribution < 1.29 is 14.0 Å². The number of thioether (sulfide) groups is 1. The molecule has 5 nitrogen and oxygen atoms in total. The van der Waals surface area contributed by atoms with Crippen LogP contribution in [0.25, 0.3) is 0 Å². The van der Waals surface area contributed by atoms with Gasteiger partial charge in [-0.05, 0) is 54.1 Å². The molecule has 1 atom stereocenters. The van der Waals surface area contributed by atoms with E-state index in [2.05, 4.69) is 10.3 Å². The maximum atomic E-state index is 13.3. The minimum absolute atomic E-state index is 0.0115. The summed E-state index contributed by atoms with van der Waals surface area (Å²) in [4.78, 5) is 32.2. The summed E-state index contributed by atoms with van der Waals surface area (Å²) in [6.07, 6.45) is 3.67. The summed E-state index contributed by atoms with van der Waals surface area (Å²) in [7, 11) is 0. The Balaban J connectivity index is 1.36. The summed E-state index contributed by atoms with van der Waals surface area (Å²) >= 11 is 2.85. The van der Waals surface area contributed by atoms with Gasteiger partial charge in [-0.15, -0.1) is 11.3 Å². The van der Waals surface area contributed by atoms with Crippen molar-refractivity contribution in [1.29, 1.82) is 0 Å². The van der Waals surface area contributed by atoms with Crippen molar-refractivity contribution >= 4 is 34.9 Å². The molecule has 4 rings (SSSR count). The molecule has 3 aromatic rings. The standard InChI is InChI=1S/C23H22FN3O2S2/c24-18-8-5-16(6-9-18)22(19-4-3-13-30-19)26-20(28)15-31-21-10-7-17(14-25-21)23(29)27-11-1-2-12-27/h3-10,13-14,22H,1-2,11-12,15H2,(H,26,28)/t22-/m1/s1. The third kappa shape index (κ3) is 5.51. The van der Waals surface area contributed by atoms with Crippen LogP contribution in [-0.4, -0.2) is 40.5 Å². The first-order chi connectivity index (χ1) is 15.1. The topological polar surface area (TPSA) is 62.3 Å². The molecule has 0 aliphatic carbocycles. The quantitative estimate of drug-likeness (QED) is 0.532. The van der Waals surface area contributed by atoms with E-state index in [9.17, 15) is 14.0 Å². The fourth-order valence-electron chi connectivity index (χ4n) is 3.47. The molecule has 8 heteroatoms. The number of halogens is 1. The molecular weight excluding hydrogens is 433 g/mol. The van der Waals surface area contributed by atoms with Gasteiger partial charge in [0.2, 0.25) is 5.91 Å². The zero-order chi connectivity index (χ0) is 21.6. The van der Waals surface area contributed by atoms with E-state index in [1.807, 2.05) is 22.4 Å². The van der Waals surface area contributed by atoms with Gasteiger partial charge >= 0.3 is 0 Å². The van der Waals surface area contributed by atoms with E-state index < -0.39 is 0 Å². The first-order valence-corrected chi connectivity index (χ1v) is 11.9. The predicted octanol–water partition coefficient (Wildman–Crippen LogP) is 4.52. The SMILES string of the molecule is O=C(CSc1ccc(C(=O)N2CCCC2)cn1)N[C@H](c1ccc(F)cc1)c1cccs1. The van der Waals surface area contributed by atoms with E-state index in [1.165, 1.54) is 35.2 Å². The molecule has 1 aliphatic heterocycles. The molecule has 0 radical (unpaired) electrons. The second-order valence-electron chi connectivity index (χ2n) is 7.24. The Kier molecular flexibility index (Phi) is 6.99. The van der Waals surface area contributed by atoms with Crippen LogP contribution in [0.4, 0.5) is 4.39 Å². The van der Waals surface area contributed by atoms with E-state index in [0.29, 0.717) is 10.6 Å². The number of hydrogen-bond acceptors (Lipinski definition) is 5. The summed E-state index contributed by atoms with van der Waals surface area (Å²) in [6, 6.07) is 13.2. The number of nitrogens with zero attached hydrogens (tertiary/aromatic N) is 2. The molecule has 1 fully saturated rings. The van der Waals surface area contributed by atoms with Crippen LogP contribution in [-0.2, 0) is 4.79 Å². The highest BCUT2D eigenvalue weighted by Gasteiger charge is 2.20. The number of aromatic nitrogens is 1. The normalized spacial score (nSPS) is 14.4. The number of nitrogens with one attached hydrogen (secondary N) is 1. The molecule has 3 heterocycles. The highest BCUT2D eigenvalue weighted by Crippen LogP contribution is 2.27. The number of carbonyl (C=O) groups is 2. The average molecular weight is 456 g/mol. The van der Waals surface area contributed by atoms with E-state index in [4.69, 9.17) is 0 Å². The smallest absolute Gasteiger partial charge is 0.255 e. The third-order valence-corrected chi connectivity index (χ3v) is 6.95. The van der Waals surface area contributed by atoms with Crippen LogP contribution in [0.15, 0.2) is 65.1 Å². The fraction of sp³-hybridized carbons (Fsp3) is 0.261. The minimum Gasteiger partial charge on any atom is -0.344 e. The average Bonchev–Trinajstić information content (AvgIpc) is 3.51. The molecule has 1 N–H and O–H groups in total. The van der Waals surface area contributed by atoms with E-state index in [0.717, 1.165) is 36.4 Å². The van der Waals surface area contributed by atoms with Crippen LogP contribution >= 0.6 is 23.1 Å². The second kappa shape index (κ2) is 10.1. The van der Waals surface area contributed by atoms with Crippen LogP contribution in [0.3, 0.4) is 0 Å². The monoisotopic (exact) mass is 455 g/mol. The molecule has 160 valence electrons. The Morgan fingerprint density at radius 3 is 2.55 bits per heavy atom. The lowest BCUT2D eigenvalue weighted by Crippen LogP contribution is -2.30. The summed E-state index contributed by atoms with van der Waals surface area (Å²) in [5, 5.41) is 5.66. The van der Waals surface area contributed by atoms with Crippen LogP contribution in [0.1, 0.15) is 39.7 Å². The van der Waals surface area contributed by atoms with Crippen molar-refractivity contribution in [2.45, 2.75) is 23.9 Å². The minimum atomic E-state index is -0.331.